The van der Waals surface area contributed by atoms with Crippen LogP contribution in [0.25, 0.3) is 0 Å². The quantitative estimate of drug-likeness (QED) is 0.796. The third-order valence-corrected chi connectivity index (χ3v) is 2.32. The molecule has 0 bridgehead atoms. The van der Waals surface area contributed by atoms with E-state index in [0.717, 1.165) is 5.56 Å². The molecule has 0 saturated heterocycles. The molecule has 4 nitrogen and oxygen atoms in total. The van der Waals surface area contributed by atoms with E-state index in [9.17, 15) is 9.18 Å². The topological polar surface area (TPSA) is 60.9 Å². The van der Waals surface area contributed by atoms with Crippen LogP contribution in [-0.4, -0.2) is 9.78 Å². The van der Waals surface area contributed by atoms with Gasteiger partial charge in [-0.25, -0.2) is 9.07 Å². The molecule has 17 heavy (non-hydrogen) atoms. The van der Waals surface area contributed by atoms with E-state index in [2.05, 4.69) is 5.10 Å². The van der Waals surface area contributed by atoms with Crippen molar-refractivity contribution < 1.29 is 4.39 Å². The van der Waals surface area contributed by atoms with Crippen molar-refractivity contribution in [2.75, 3.05) is 5.73 Å². The molecule has 0 unspecified atom stereocenters. The van der Waals surface area contributed by atoms with Gasteiger partial charge in [-0.2, -0.15) is 5.10 Å². The Labute approximate surface area is 97.5 Å². The highest BCUT2D eigenvalue weighted by Crippen LogP contribution is 2.11. The van der Waals surface area contributed by atoms with Gasteiger partial charge in [0.05, 0.1) is 12.7 Å². The second kappa shape index (κ2) is 4.37. The van der Waals surface area contributed by atoms with Crippen LogP contribution in [0.2, 0.25) is 0 Å². The van der Waals surface area contributed by atoms with E-state index in [-0.39, 0.29) is 12.1 Å². The van der Waals surface area contributed by atoms with Crippen LogP contribution in [0.15, 0.2) is 35.3 Å². The van der Waals surface area contributed by atoms with E-state index in [1.165, 1.54) is 22.9 Å². The summed E-state index contributed by atoms with van der Waals surface area (Å²) < 4.78 is 14.4. The van der Waals surface area contributed by atoms with Crippen LogP contribution < -0.4 is 11.3 Å². The van der Waals surface area contributed by atoms with E-state index in [1.54, 1.807) is 19.2 Å². The molecular formula is C12H12FN3O. The van der Waals surface area contributed by atoms with Crippen molar-refractivity contribution in [3.63, 3.8) is 0 Å². The predicted octanol–water partition coefficient (Wildman–Crippen LogP) is 1.32. The molecule has 2 rings (SSSR count). The van der Waals surface area contributed by atoms with E-state index in [0.29, 0.717) is 11.3 Å². The Morgan fingerprint density at radius 2 is 2.12 bits per heavy atom. The molecule has 1 aromatic carbocycles. The third kappa shape index (κ3) is 2.69. The van der Waals surface area contributed by atoms with Gasteiger partial charge in [-0.1, -0.05) is 0 Å². The zero-order chi connectivity index (χ0) is 12.4. The first kappa shape index (κ1) is 11.3. The van der Waals surface area contributed by atoms with Gasteiger partial charge >= 0.3 is 0 Å². The van der Waals surface area contributed by atoms with E-state index in [1.807, 2.05) is 0 Å². The highest BCUT2D eigenvalue weighted by Gasteiger charge is 2.02. The van der Waals surface area contributed by atoms with Crippen molar-refractivity contribution in [1.82, 2.24) is 9.78 Å². The lowest BCUT2D eigenvalue weighted by Gasteiger charge is -2.05. The van der Waals surface area contributed by atoms with Gasteiger partial charge in [0.15, 0.2) is 0 Å². The standard InChI is InChI=1S/C12H12FN3O/c1-8-2-12(17)16(15-6-8)7-9-3-10(13)5-11(14)4-9/h2-6H,7,14H2,1H3. The molecule has 5 heteroatoms. The Morgan fingerprint density at radius 3 is 2.76 bits per heavy atom. The monoisotopic (exact) mass is 233 g/mol. The Kier molecular flexibility index (Phi) is 2.91. The molecule has 2 aromatic rings. The summed E-state index contributed by atoms with van der Waals surface area (Å²) in [4.78, 5) is 11.6. The number of nitrogen functional groups attached to an aromatic ring is 1. The molecule has 1 aromatic heterocycles. The number of benzene rings is 1. The van der Waals surface area contributed by atoms with Crippen molar-refractivity contribution in [3.05, 3.63) is 57.8 Å². The minimum atomic E-state index is -0.417. The van der Waals surface area contributed by atoms with E-state index >= 15 is 0 Å². The summed E-state index contributed by atoms with van der Waals surface area (Å²) in [6.45, 7) is 2.00. The summed E-state index contributed by atoms with van der Waals surface area (Å²) in [6.07, 6.45) is 1.59. The summed E-state index contributed by atoms with van der Waals surface area (Å²) in [5.74, 6) is -0.417. The maximum atomic E-state index is 13.1. The van der Waals surface area contributed by atoms with Gasteiger partial charge in [-0.05, 0) is 36.2 Å². The largest absolute Gasteiger partial charge is 0.399 e. The fourth-order valence-electron chi connectivity index (χ4n) is 1.58. The van der Waals surface area contributed by atoms with Crippen LogP contribution in [0.5, 0.6) is 0 Å². The molecule has 0 saturated carbocycles. The van der Waals surface area contributed by atoms with Gasteiger partial charge in [-0.15, -0.1) is 0 Å². The first-order valence-electron chi connectivity index (χ1n) is 5.13. The van der Waals surface area contributed by atoms with Gasteiger partial charge in [0.2, 0.25) is 0 Å². The molecule has 0 aliphatic rings. The van der Waals surface area contributed by atoms with Gasteiger partial charge < -0.3 is 5.73 Å². The van der Waals surface area contributed by atoms with Crippen LogP contribution in [0, 0.1) is 12.7 Å². The van der Waals surface area contributed by atoms with Crippen LogP contribution in [-0.2, 0) is 6.54 Å². The van der Waals surface area contributed by atoms with Crippen LogP contribution in [0.1, 0.15) is 11.1 Å². The molecule has 0 spiro atoms. The fraction of sp³-hybridized carbons (Fsp3) is 0.167. The molecule has 0 aliphatic heterocycles. The predicted molar refractivity (Wildman–Crippen MR) is 63.1 cm³/mol. The van der Waals surface area contributed by atoms with Crippen molar-refractivity contribution in [1.29, 1.82) is 0 Å². The molecule has 0 fully saturated rings. The first-order valence-corrected chi connectivity index (χ1v) is 5.13. The second-order valence-corrected chi connectivity index (χ2v) is 3.92. The maximum absolute atomic E-state index is 13.1. The summed E-state index contributed by atoms with van der Waals surface area (Å²) in [6, 6.07) is 5.67. The Balaban J connectivity index is 2.34. The zero-order valence-corrected chi connectivity index (χ0v) is 9.35. The third-order valence-electron chi connectivity index (χ3n) is 2.32. The van der Waals surface area contributed by atoms with Gasteiger partial charge in [0.1, 0.15) is 5.82 Å². The molecule has 88 valence electrons. The smallest absolute Gasteiger partial charge is 0.267 e. The molecular weight excluding hydrogens is 221 g/mol. The molecule has 2 N–H and O–H groups in total. The molecule has 0 aliphatic carbocycles. The lowest BCUT2D eigenvalue weighted by molar-refractivity contribution is 0.610. The van der Waals surface area contributed by atoms with Crippen LogP contribution in [0.3, 0.4) is 0 Å². The van der Waals surface area contributed by atoms with Gasteiger partial charge in [-0.3, -0.25) is 4.79 Å². The van der Waals surface area contributed by atoms with Crippen LogP contribution >= 0.6 is 0 Å². The molecule has 0 amide bonds. The number of halogens is 1. The number of hydrogen-bond acceptors (Lipinski definition) is 3. The highest BCUT2D eigenvalue weighted by molar-refractivity contribution is 5.41. The Morgan fingerprint density at radius 1 is 1.35 bits per heavy atom. The van der Waals surface area contributed by atoms with Gasteiger partial charge in [0, 0.05) is 11.8 Å². The number of nitrogens with two attached hydrogens (primary N) is 1. The second-order valence-electron chi connectivity index (χ2n) is 3.92. The highest BCUT2D eigenvalue weighted by atomic mass is 19.1. The lowest BCUT2D eigenvalue weighted by atomic mass is 10.2. The lowest BCUT2D eigenvalue weighted by Crippen LogP contribution is -2.22. The number of aryl methyl sites for hydroxylation is 1. The first-order chi connectivity index (χ1) is 8.04. The average Bonchev–Trinajstić information content (AvgIpc) is 2.21. The Hall–Kier alpha value is -2.17. The van der Waals surface area contributed by atoms with E-state index < -0.39 is 5.82 Å². The number of hydrogen-bond donors (Lipinski definition) is 1. The van der Waals surface area contributed by atoms with Crippen molar-refractivity contribution >= 4 is 5.69 Å². The van der Waals surface area contributed by atoms with Crippen molar-refractivity contribution in [2.24, 2.45) is 0 Å². The Bertz CT molecular complexity index is 587. The minimum Gasteiger partial charge on any atom is -0.399 e. The minimum absolute atomic E-state index is 0.209. The summed E-state index contributed by atoms with van der Waals surface area (Å²) in [5, 5.41) is 3.97. The average molecular weight is 233 g/mol. The SMILES string of the molecule is Cc1cnn(Cc2cc(N)cc(F)c2)c(=O)c1. The molecule has 0 atom stereocenters. The zero-order valence-electron chi connectivity index (χ0n) is 9.35. The fourth-order valence-corrected chi connectivity index (χ4v) is 1.58. The maximum Gasteiger partial charge on any atom is 0.267 e. The van der Waals surface area contributed by atoms with E-state index in [4.69, 9.17) is 5.73 Å². The summed E-state index contributed by atoms with van der Waals surface area (Å²) in [7, 11) is 0. The molecule has 0 radical (unpaired) electrons. The summed E-state index contributed by atoms with van der Waals surface area (Å²) in [5.41, 5.74) is 7.05. The normalized spacial score (nSPS) is 10.5. The number of anilines is 1. The number of rotatable bonds is 2. The number of nitrogens with zero attached hydrogens (tertiary/aromatic N) is 2. The summed E-state index contributed by atoms with van der Waals surface area (Å²) >= 11 is 0. The molecule has 1 heterocycles. The van der Waals surface area contributed by atoms with Crippen LogP contribution in [0.4, 0.5) is 10.1 Å². The van der Waals surface area contributed by atoms with Crippen molar-refractivity contribution in [2.45, 2.75) is 13.5 Å². The van der Waals surface area contributed by atoms with Crippen molar-refractivity contribution in [3.8, 4) is 0 Å². The van der Waals surface area contributed by atoms with Gasteiger partial charge in [0.25, 0.3) is 5.56 Å². The number of aromatic nitrogens is 2.